The fourth-order valence-corrected chi connectivity index (χ4v) is 3.03. The molecular formula is C16H13Br2ClF2. The highest BCUT2D eigenvalue weighted by molar-refractivity contribution is 9.10. The van der Waals surface area contributed by atoms with E-state index in [-0.39, 0.29) is 22.4 Å². The SMILES string of the molecule is Fc1ccc(Br)c(F)c1CC(CCl)Cc1ccc(Br)cc1. The number of halogens is 5. The van der Waals surface area contributed by atoms with Crippen LogP contribution in [-0.4, -0.2) is 5.88 Å². The maximum atomic E-state index is 14.0. The van der Waals surface area contributed by atoms with Crippen molar-refractivity contribution in [2.45, 2.75) is 12.8 Å². The summed E-state index contributed by atoms with van der Waals surface area (Å²) in [5.74, 6) is -0.741. The molecule has 0 radical (unpaired) electrons. The summed E-state index contributed by atoms with van der Waals surface area (Å²) in [5, 5.41) is 0. The second-order valence-corrected chi connectivity index (χ2v) is 6.96. The lowest BCUT2D eigenvalue weighted by atomic mass is 9.93. The minimum Gasteiger partial charge on any atom is -0.207 e. The lowest BCUT2D eigenvalue weighted by molar-refractivity contribution is 0.505. The van der Waals surface area contributed by atoms with Gasteiger partial charge < -0.3 is 0 Å². The Bertz CT molecular complexity index is 614. The van der Waals surface area contributed by atoms with Gasteiger partial charge in [0, 0.05) is 15.9 Å². The Kier molecular flexibility index (Phi) is 6.20. The van der Waals surface area contributed by atoms with Gasteiger partial charge in [0.2, 0.25) is 0 Å². The van der Waals surface area contributed by atoms with Gasteiger partial charge in [0.25, 0.3) is 0 Å². The van der Waals surface area contributed by atoms with E-state index in [0.717, 1.165) is 10.0 Å². The van der Waals surface area contributed by atoms with Crippen LogP contribution in [0.3, 0.4) is 0 Å². The average molecular weight is 439 g/mol. The number of benzene rings is 2. The van der Waals surface area contributed by atoms with Crippen molar-refractivity contribution in [1.82, 2.24) is 0 Å². The first kappa shape index (κ1) is 16.9. The molecule has 2 aromatic rings. The molecule has 2 rings (SSSR count). The Hall–Kier alpha value is -0.450. The summed E-state index contributed by atoms with van der Waals surface area (Å²) in [4.78, 5) is 0. The fraction of sp³-hybridized carbons (Fsp3) is 0.250. The molecule has 0 N–H and O–H groups in total. The van der Waals surface area contributed by atoms with Crippen LogP contribution in [0.1, 0.15) is 11.1 Å². The van der Waals surface area contributed by atoms with E-state index in [0.29, 0.717) is 12.3 Å². The van der Waals surface area contributed by atoms with Crippen LogP contribution in [0.15, 0.2) is 45.3 Å². The summed E-state index contributed by atoms with van der Waals surface area (Å²) >= 11 is 12.4. The van der Waals surface area contributed by atoms with Gasteiger partial charge in [0.15, 0.2) is 0 Å². The third-order valence-electron chi connectivity index (χ3n) is 3.29. The van der Waals surface area contributed by atoms with E-state index in [4.69, 9.17) is 11.6 Å². The zero-order valence-electron chi connectivity index (χ0n) is 11.1. The third-order valence-corrected chi connectivity index (χ3v) is 4.87. The molecule has 0 saturated heterocycles. The van der Waals surface area contributed by atoms with Crippen LogP contribution in [0.4, 0.5) is 8.78 Å². The zero-order chi connectivity index (χ0) is 15.4. The van der Waals surface area contributed by atoms with Crippen LogP contribution in [0.5, 0.6) is 0 Å². The highest BCUT2D eigenvalue weighted by Crippen LogP contribution is 2.26. The van der Waals surface area contributed by atoms with Crippen LogP contribution in [-0.2, 0) is 12.8 Å². The van der Waals surface area contributed by atoms with Gasteiger partial charge in [-0.1, -0.05) is 28.1 Å². The molecule has 5 heteroatoms. The first-order valence-corrected chi connectivity index (χ1v) is 8.56. The molecule has 0 aromatic heterocycles. The Morgan fingerprint density at radius 1 is 0.952 bits per heavy atom. The van der Waals surface area contributed by atoms with Crippen LogP contribution in [0, 0.1) is 17.6 Å². The highest BCUT2D eigenvalue weighted by Gasteiger charge is 2.18. The van der Waals surface area contributed by atoms with E-state index < -0.39 is 11.6 Å². The molecule has 0 aliphatic heterocycles. The second-order valence-electron chi connectivity index (χ2n) is 4.88. The number of hydrogen-bond donors (Lipinski definition) is 0. The van der Waals surface area contributed by atoms with Crippen molar-refractivity contribution < 1.29 is 8.78 Å². The second kappa shape index (κ2) is 7.70. The number of hydrogen-bond acceptors (Lipinski definition) is 0. The van der Waals surface area contributed by atoms with E-state index >= 15 is 0 Å². The van der Waals surface area contributed by atoms with Gasteiger partial charge in [0.05, 0.1) is 4.47 Å². The number of rotatable bonds is 5. The Balaban J connectivity index is 2.16. The van der Waals surface area contributed by atoms with E-state index in [1.54, 1.807) is 0 Å². The number of alkyl halides is 1. The largest absolute Gasteiger partial charge is 0.207 e. The van der Waals surface area contributed by atoms with Gasteiger partial charge in [-0.05, 0) is 64.5 Å². The van der Waals surface area contributed by atoms with Crippen LogP contribution >= 0.6 is 43.5 Å². The monoisotopic (exact) mass is 436 g/mol. The predicted octanol–water partition coefficient (Wildman–Crippen LogP) is 6.13. The molecule has 0 heterocycles. The van der Waals surface area contributed by atoms with E-state index in [2.05, 4.69) is 31.9 Å². The Morgan fingerprint density at radius 2 is 1.62 bits per heavy atom. The van der Waals surface area contributed by atoms with Crippen molar-refractivity contribution in [2.24, 2.45) is 5.92 Å². The molecule has 0 nitrogen and oxygen atoms in total. The van der Waals surface area contributed by atoms with E-state index in [1.165, 1.54) is 12.1 Å². The van der Waals surface area contributed by atoms with Gasteiger partial charge in [-0.3, -0.25) is 0 Å². The highest BCUT2D eigenvalue weighted by atomic mass is 79.9. The topological polar surface area (TPSA) is 0 Å². The molecule has 0 amide bonds. The van der Waals surface area contributed by atoms with Crippen molar-refractivity contribution in [3.8, 4) is 0 Å². The van der Waals surface area contributed by atoms with Crippen molar-refractivity contribution in [1.29, 1.82) is 0 Å². The maximum absolute atomic E-state index is 14.0. The first-order chi connectivity index (χ1) is 10.0. The van der Waals surface area contributed by atoms with Crippen LogP contribution in [0.25, 0.3) is 0 Å². The lowest BCUT2D eigenvalue weighted by Crippen LogP contribution is -2.13. The van der Waals surface area contributed by atoms with Crippen LogP contribution in [0.2, 0.25) is 0 Å². The molecule has 0 aliphatic carbocycles. The minimum atomic E-state index is -0.541. The first-order valence-electron chi connectivity index (χ1n) is 6.44. The molecule has 0 bridgehead atoms. The molecule has 0 fully saturated rings. The Morgan fingerprint density at radius 3 is 2.24 bits per heavy atom. The minimum absolute atomic E-state index is 0.0221. The fourth-order valence-electron chi connectivity index (χ4n) is 2.18. The quantitative estimate of drug-likeness (QED) is 0.389. The molecule has 1 unspecified atom stereocenters. The molecule has 0 aliphatic rings. The maximum Gasteiger partial charge on any atom is 0.143 e. The van der Waals surface area contributed by atoms with Crippen molar-refractivity contribution in [3.05, 3.63) is 68.1 Å². The van der Waals surface area contributed by atoms with Crippen molar-refractivity contribution >= 4 is 43.5 Å². The molecule has 1 atom stereocenters. The van der Waals surface area contributed by atoms with Crippen molar-refractivity contribution in [2.75, 3.05) is 5.88 Å². The third kappa shape index (κ3) is 4.51. The van der Waals surface area contributed by atoms with Gasteiger partial charge in [-0.2, -0.15) is 0 Å². The van der Waals surface area contributed by atoms with Crippen LogP contribution < -0.4 is 0 Å². The Labute approximate surface area is 144 Å². The van der Waals surface area contributed by atoms with Gasteiger partial charge in [0.1, 0.15) is 11.6 Å². The molecule has 112 valence electrons. The average Bonchev–Trinajstić information content (AvgIpc) is 2.48. The zero-order valence-corrected chi connectivity index (χ0v) is 15.0. The molecular weight excluding hydrogens is 425 g/mol. The van der Waals surface area contributed by atoms with Gasteiger partial charge >= 0.3 is 0 Å². The summed E-state index contributed by atoms with van der Waals surface area (Å²) in [6.45, 7) is 0. The molecule has 2 aromatic carbocycles. The summed E-state index contributed by atoms with van der Waals surface area (Å²) in [6.07, 6.45) is 0.957. The van der Waals surface area contributed by atoms with Gasteiger partial charge in [-0.25, -0.2) is 8.78 Å². The molecule has 21 heavy (non-hydrogen) atoms. The lowest BCUT2D eigenvalue weighted by Gasteiger charge is -2.15. The molecule has 0 saturated carbocycles. The normalized spacial score (nSPS) is 12.4. The van der Waals surface area contributed by atoms with E-state index in [1.807, 2.05) is 24.3 Å². The summed E-state index contributed by atoms with van der Waals surface area (Å²) in [6, 6.07) is 10.5. The predicted molar refractivity (Wildman–Crippen MR) is 89.8 cm³/mol. The standard InChI is InChI=1S/C16H13Br2ClF2/c17-12-3-1-10(2-4-12)7-11(9-19)8-13-15(20)6-5-14(18)16(13)21/h1-6,11H,7-9H2. The van der Waals surface area contributed by atoms with E-state index in [9.17, 15) is 8.78 Å². The smallest absolute Gasteiger partial charge is 0.143 e. The molecule has 0 spiro atoms. The van der Waals surface area contributed by atoms with Crippen molar-refractivity contribution in [3.63, 3.8) is 0 Å². The van der Waals surface area contributed by atoms with Gasteiger partial charge in [-0.15, -0.1) is 11.6 Å². The summed E-state index contributed by atoms with van der Waals surface area (Å²) in [7, 11) is 0. The summed E-state index contributed by atoms with van der Waals surface area (Å²) < 4.78 is 29.1. The summed E-state index contributed by atoms with van der Waals surface area (Å²) in [5.41, 5.74) is 1.19.